The van der Waals surface area contributed by atoms with E-state index in [0.717, 1.165) is 64.7 Å². The first-order valence-corrected chi connectivity index (χ1v) is 18.9. The van der Waals surface area contributed by atoms with E-state index >= 15 is 0 Å². The van der Waals surface area contributed by atoms with Gasteiger partial charge in [-0.3, -0.25) is 4.68 Å². The third kappa shape index (κ3) is 7.18. The second kappa shape index (κ2) is 15.2. The number of rotatable bonds is 9. The maximum atomic E-state index is 6.75. The molecule has 3 heterocycles. The van der Waals surface area contributed by atoms with Gasteiger partial charge in [0.1, 0.15) is 5.82 Å². The molecule has 0 saturated heterocycles. The second-order valence-electron chi connectivity index (χ2n) is 16.0. The molecule has 3 aromatic heterocycles. The minimum absolute atomic E-state index is 0. The largest absolute Gasteiger partial charge is 2.00 e. The number of hydrogen-bond donors (Lipinski definition) is 0. The molecule has 1 unspecified atom stereocenters. The number of unbranched alkanes of at least 4 members (excludes halogenated alkanes) is 1. The molecule has 0 bridgehead atoms. The van der Waals surface area contributed by atoms with Gasteiger partial charge >= 0.3 is 21.1 Å². The van der Waals surface area contributed by atoms with E-state index in [1.807, 2.05) is 12.3 Å². The molecule has 1 aliphatic carbocycles. The maximum absolute atomic E-state index is 6.75. The molecule has 2 atom stereocenters. The van der Waals surface area contributed by atoms with Crippen molar-refractivity contribution < 1.29 is 25.8 Å². The van der Waals surface area contributed by atoms with Crippen molar-refractivity contribution >= 4 is 21.8 Å². The van der Waals surface area contributed by atoms with E-state index in [9.17, 15) is 0 Å². The van der Waals surface area contributed by atoms with Crippen LogP contribution in [0, 0.1) is 25.0 Å². The van der Waals surface area contributed by atoms with Gasteiger partial charge in [0, 0.05) is 40.4 Å². The van der Waals surface area contributed by atoms with Gasteiger partial charge in [-0.1, -0.05) is 90.3 Å². The Bertz CT molecular complexity index is 2250. The van der Waals surface area contributed by atoms with Crippen LogP contribution in [0.25, 0.3) is 33.3 Å². The Balaban J connectivity index is 0.00000464. The summed E-state index contributed by atoms with van der Waals surface area (Å²) >= 11 is 0. The standard InChI is InChI=1S/C46H52N4O.Pt/c1-10-11-18-41-45(44-30(4)15-14-16-31(44)5)32(6)48-50(41)35-25-34(46(7,8)9)26-37(27-35)51-36-20-21-39-38-17-12-13-19-40(38)49(42(39)28-36)43-24-33(29(2)3)22-23-47-43;/h12-13,15,17,19-26,29,31,44H,10-11,14,16,18H2,1-9H3;/q-2;+2/t31-,44?;/m0./s1. The Morgan fingerprint density at radius 2 is 1.75 bits per heavy atom. The van der Waals surface area contributed by atoms with Crippen LogP contribution in [-0.4, -0.2) is 19.3 Å². The Kier molecular flexibility index (Phi) is 11.0. The molecule has 3 aromatic carbocycles. The van der Waals surface area contributed by atoms with Crippen LogP contribution in [0.3, 0.4) is 0 Å². The molecule has 0 N–H and O–H groups in total. The predicted molar refractivity (Wildman–Crippen MR) is 211 cm³/mol. The van der Waals surface area contributed by atoms with Gasteiger partial charge in [-0.2, -0.15) is 11.2 Å². The summed E-state index contributed by atoms with van der Waals surface area (Å²) < 4.78 is 11.1. The fourth-order valence-electron chi connectivity index (χ4n) is 7.94. The van der Waals surface area contributed by atoms with E-state index in [0.29, 0.717) is 29.3 Å². The number of ether oxygens (including phenoxy) is 1. The first-order valence-electron chi connectivity index (χ1n) is 18.9. The van der Waals surface area contributed by atoms with E-state index < -0.39 is 0 Å². The van der Waals surface area contributed by atoms with E-state index in [1.54, 1.807) is 0 Å². The molecule has 0 radical (unpaired) electrons. The van der Waals surface area contributed by atoms with Crippen LogP contribution in [0.4, 0.5) is 0 Å². The molecule has 7 rings (SSSR count). The fourth-order valence-corrected chi connectivity index (χ4v) is 7.94. The summed E-state index contributed by atoms with van der Waals surface area (Å²) in [7, 11) is 0. The molecular weight excluding hydrogens is 820 g/mol. The molecular formula is C46H52N4OPt. The van der Waals surface area contributed by atoms with E-state index in [4.69, 9.17) is 14.8 Å². The number of allylic oxidation sites excluding steroid dienone is 2. The Morgan fingerprint density at radius 1 is 0.962 bits per heavy atom. The number of aromatic nitrogens is 4. The van der Waals surface area contributed by atoms with Crippen molar-refractivity contribution in [2.75, 3.05) is 0 Å². The number of pyridine rings is 1. The maximum Gasteiger partial charge on any atom is 2.00 e. The van der Waals surface area contributed by atoms with Gasteiger partial charge in [-0.25, -0.2) is 4.98 Å². The molecule has 0 saturated carbocycles. The van der Waals surface area contributed by atoms with Crippen LogP contribution in [0.1, 0.15) is 121 Å². The number of fused-ring (bicyclic) bond motifs is 3. The van der Waals surface area contributed by atoms with Crippen molar-refractivity contribution in [3.63, 3.8) is 0 Å². The van der Waals surface area contributed by atoms with Crippen molar-refractivity contribution in [2.45, 2.75) is 112 Å². The van der Waals surface area contributed by atoms with Gasteiger partial charge in [0.15, 0.2) is 0 Å². The smallest absolute Gasteiger partial charge is 0.509 e. The molecule has 0 aliphatic heterocycles. The number of para-hydroxylation sites is 1. The van der Waals surface area contributed by atoms with Gasteiger partial charge in [0.05, 0.1) is 5.69 Å². The summed E-state index contributed by atoms with van der Waals surface area (Å²) in [6.45, 7) is 20.4. The summed E-state index contributed by atoms with van der Waals surface area (Å²) in [5.41, 5.74) is 10.6. The number of aryl methyl sites for hydroxylation is 1. The van der Waals surface area contributed by atoms with Gasteiger partial charge < -0.3 is 9.30 Å². The molecule has 0 amide bonds. The Morgan fingerprint density at radius 3 is 2.48 bits per heavy atom. The molecule has 0 spiro atoms. The summed E-state index contributed by atoms with van der Waals surface area (Å²) in [5, 5.41) is 7.54. The van der Waals surface area contributed by atoms with Gasteiger partial charge in [-0.05, 0) is 91.6 Å². The summed E-state index contributed by atoms with van der Waals surface area (Å²) in [4.78, 5) is 4.83. The van der Waals surface area contributed by atoms with Crippen molar-refractivity contribution in [1.82, 2.24) is 19.3 Å². The topological polar surface area (TPSA) is 44.9 Å². The molecule has 272 valence electrons. The zero-order chi connectivity index (χ0) is 36.0. The van der Waals surface area contributed by atoms with Crippen LogP contribution < -0.4 is 4.74 Å². The van der Waals surface area contributed by atoms with Gasteiger partial charge in [0.25, 0.3) is 0 Å². The quantitative estimate of drug-likeness (QED) is 0.107. The van der Waals surface area contributed by atoms with Crippen LogP contribution in [0.2, 0.25) is 0 Å². The molecule has 5 nitrogen and oxygen atoms in total. The van der Waals surface area contributed by atoms with Gasteiger partial charge in [0.2, 0.25) is 0 Å². The summed E-state index contributed by atoms with van der Waals surface area (Å²) in [6.07, 6.45) is 9.94. The van der Waals surface area contributed by atoms with Crippen molar-refractivity contribution in [2.24, 2.45) is 5.92 Å². The zero-order valence-corrected chi connectivity index (χ0v) is 34.5. The zero-order valence-electron chi connectivity index (χ0n) is 32.2. The SMILES string of the molecule is CCCCc1c(C2C(C)=CCC[C@@H]2C)c(C)nn1-c1[c-]c(Oc2[c-]c3c(cc2)c2ccccc2n3-c2cc(C(C)C)ccn2)cc(C(C)(C)C)c1.[Pt+2]. The summed E-state index contributed by atoms with van der Waals surface area (Å²) in [6, 6.07) is 28.7. The average Bonchev–Trinajstić information content (AvgIpc) is 3.60. The molecule has 52 heavy (non-hydrogen) atoms. The van der Waals surface area contributed by atoms with Crippen molar-refractivity contribution in [1.29, 1.82) is 0 Å². The molecule has 6 heteroatoms. The van der Waals surface area contributed by atoms with E-state index in [1.165, 1.54) is 34.4 Å². The van der Waals surface area contributed by atoms with Crippen LogP contribution in [0.15, 0.2) is 78.5 Å². The first-order chi connectivity index (χ1) is 24.4. The number of nitrogens with zero attached hydrogens (tertiary/aromatic N) is 4. The van der Waals surface area contributed by atoms with Gasteiger partial charge in [-0.15, -0.1) is 41.3 Å². The third-order valence-corrected chi connectivity index (χ3v) is 10.8. The molecule has 6 aromatic rings. The second-order valence-corrected chi connectivity index (χ2v) is 16.0. The van der Waals surface area contributed by atoms with Crippen molar-refractivity contribution in [3.8, 4) is 23.0 Å². The Hall–Kier alpha value is -3.95. The Labute approximate surface area is 324 Å². The fraction of sp³-hybridized carbons (Fsp3) is 0.391. The third-order valence-electron chi connectivity index (χ3n) is 10.8. The van der Waals surface area contributed by atoms with Crippen molar-refractivity contribution in [3.05, 3.63) is 119 Å². The normalized spacial score (nSPS) is 16.4. The minimum Gasteiger partial charge on any atom is -0.509 e. The molecule has 0 fully saturated rings. The van der Waals surface area contributed by atoms with E-state index in [-0.39, 0.29) is 26.5 Å². The van der Waals surface area contributed by atoms with Crippen LogP contribution in [0.5, 0.6) is 11.5 Å². The first kappa shape index (κ1) is 37.8. The van der Waals surface area contributed by atoms with Crippen LogP contribution in [-0.2, 0) is 32.9 Å². The number of hydrogen-bond acceptors (Lipinski definition) is 3. The number of benzene rings is 3. The predicted octanol–water partition coefficient (Wildman–Crippen LogP) is 12.3. The average molecular weight is 872 g/mol. The molecule has 1 aliphatic rings. The van der Waals surface area contributed by atoms with E-state index in [2.05, 4.69) is 144 Å². The van der Waals surface area contributed by atoms with Crippen LogP contribution >= 0.6 is 0 Å². The monoisotopic (exact) mass is 871 g/mol. The minimum atomic E-state index is -0.110. The summed E-state index contributed by atoms with van der Waals surface area (Å²) in [5.74, 6) is 3.55.